The lowest BCUT2D eigenvalue weighted by Gasteiger charge is -2.16. The number of rotatable bonds is 9. The second kappa shape index (κ2) is 13.7. The van der Waals surface area contributed by atoms with Crippen LogP contribution in [0.4, 0.5) is 0 Å². The van der Waals surface area contributed by atoms with Crippen molar-refractivity contribution in [2.75, 3.05) is 33.9 Å². The van der Waals surface area contributed by atoms with Gasteiger partial charge in [0.25, 0.3) is 0 Å². The molecule has 28 heavy (non-hydrogen) atoms. The average Bonchev–Trinajstić information content (AvgIpc) is 2.72. The molecule has 0 aliphatic heterocycles. The summed E-state index contributed by atoms with van der Waals surface area (Å²) < 4.78 is 10.5. The first kappa shape index (κ1) is 24.6. The number of aliphatic hydroxyl groups excluding tert-OH is 1. The Morgan fingerprint density at radius 2 is 1.96 bits per heavy atom. The summed E-state index contributed by atoms with van der Waals surface area (Å²) in [6, 6.07) is 5.41. The lowest BCUT2D eigenvalue weighted by Crippen LogP contribution is -2.38. The molecule has 0 aromatic heterocycles. The van der Waals surface area contributed by atoms with E-state index in [1.54, 1.807) is 26.4 Å². The number of halogens is 1. The molecule has 2 rings (SSSR count). The maximum atomic E-state index is 10.5. The first-order valence-electron chi connectivity index (χ1n) is 9.78. The van der Waals surface area contributed by atoms with Crippen molar-refractivity contribution in [1.29, 1.82) is 0 Å². The molecule has 0 fully saturated rings. The van der Waals surface area contributed by atoms with Gasteiger partial charge in [0, 0.05) is 13.1 Å². The van der Waals surface area contributed by atoms with E-state index in [-0.39, 0.29) is 30.5 Å². The standard InChI is InChI=1S/C21H33N3O3.HI/c1-4-22-21(23-13-12-16-8-6-5-7-9-16)24-15-18(25)17-10-11-19(26-2)20(14-17)27-3;/h8,10-11,14,18,25H,4-7,9,12-13,15H2,1-3H3,(H2,22,23,24);1H. The van der Waals surface area contributed by atoms with Crippen molar-refractivity contribution in [2.45, 2.75) is 45.1 Å². The van der Waals surface area contributed by atoms with E-state index in [9.17, 15) is 5.11 Å². The molecule has 0 bridgehead atoms. The van der Waals surface area contributed by atoms with Crippen LogP contribution in [0.3, 0.4) is 0 Å². The second-order valence-corrected chi connectivity index (χ2v) is 6.63. The quantitative estimate of drug-likeness (QED) is 0.207. The van der Waals surface area contributed by atoms with E-state index in [1.165, 1.54) is 31.3 Å². The van der Waals surface area contributed by atoms with Gasteiger partial charge < -0.3 is 25.2 Å². The van der Waals surface area contributed by atoms with Crippen LogP contribution in [0.25, 0.3) is 0 Å². The zero-order valence-corrected chi connectivity index (χ0v) is 19.5. The molecule has 1 unspecified atom stereocenters. The van der Waals surface area contributed by atoms with Gasteiger partial charge in [-0.1, -0.05) is 17.7 Å². The Balaban J connectivity index is 0.00000392. The number of aliphatic imine (C=N–C) groups is 1. The summed E-state index contributed by atoms with van der Waals surface area (Å²) in [7, 11) is 3.18. The fraction of sp³-hybridized carbons (Fsp3) is 0.571. The molecule has 158 valence electrons. The summed E-state index contributed by atoms with van der Waals surface area (Å²) >= 11 is 0. The number of aliphatic hydroxyl groups is 1. The number of allylic oxidation sites excluding steroid dienone is 1. The minimum atomic E-state index is -0.707. The summed E-state index contributed by atoms with van der Waals surface area (Å²) in [5, 5.41) is 17.1. The Morgan fingerprint density at radius 3 is 2.61 bits per heavy atom. The SMILES string of the molecule is CCNC(=NCC(O)c1ccc(OC)c(OC)c1)NCCC1=CCCCC1.I. The number of guanidine groups is 1. The summed E-state index contributed by atoms with van der Waals surface area (Å²) in [5.74, 6) is 1.97. The lowest BCUT2D eigenvalue weighted by molar-refractivity contribution is 0.186. The van der Waals surface area contributed by atoms with Gasteiger partial charge in [-0.2, -0.15) is 0 Å². The van der Waals surface area contributed by atoms with Crippen molar-refractivity contribution in [1.82, 2.24) is 10.6 Å². The first-order valence-corrected chi connectivity index (χ1v) is 9.78. The molecule has 1 atom stereocenters. The van der Waals surface area contributed by atoms with Crippen LogP contribution in [-0.4, -0.2) is 44.9 Å². The molecular weight excluding hydrogens is 469 g/mol. The van der Waals surface area contributed by atoms with E-state index in [0.717, 1.165) is 31.0 Å². The molecule has 0 saturated carbocycles. The molecule has 1 aliphatic carbocycles. The summed E-state index contributed by atoms with van der Waals surface area (Å²) in [4.78, 5) is 4.52. The minimum Gasteiger partial charge on any atom is -0.493 e. The van der Waals surface area contributed by atoms with Crippen molar-refractivity contribution < 1.29 is 14.6 Å². The van der Waals surface area contributed by atoms with Gasteiger partial charge in [0.05, 0.1) is 26.9 Å². The highest BCUT2D eigenvalue weighted by molar-refractivity contribution is 14.0. The van der Waals surface area contributed by atoms with E-state index < -0.39 is 6.10 Å². The van der Waals surface area contributed by atoms with Gasteiger partial charge in [-0.05, 0) is 56.7 Å². The second-order valence-electron chi connectivity index (χ2n) is 6.63. The maximum Gasteiger partial charge on any atom is 0.191 e. The molecule has 7 heteroatoms. The highest BCUT2D eigenvalue weighted by atomic mass is 127. The smallest absolute Gasteiger partial charge is 0.191 e. The molecule has 3 N–H and O–H groups in total. The predicted molar refractivity (Wildman–Crippen MR) is 125 cm³/mol. The van der Waals surface area contributed by atoms with Crippen molar-refractivity contribution in [3.8, 4) is 11.5 Å². The van der Waals surface area contributed by atoms with E-state index in [0.29, 0.717) is 11.5 Å². The van der Waals surface area contributed by atoms with Gasteiger partial charge in [0.1, 0.15) is 0 Å². The summed E-state index contributed by atoms with van der Waals surface area (Å²) in [6.07, 6.45) is 7.75. The molecule has 0 radical (unpaired) electrons. The molecule has 0 saturated heterocycles. The third-order valence-electron chi connectivity index (χ3n) is 4.68. The number of benzene rings is 1. The van der Waals surface area contributed by atoms with Crippen molar-refractivity contribution >= 4 is 29.9 Å². The molecule has 1 aromatic carbocycles. The van der Waals surface area contributed by atoms with Crippen LogP contribution in [0, 0.1) is 0 Å². The van der Waals surface area contributed by atoms with Gasteiger partial charge in [-0.15, -0.1) is 24.0 Å². The van der Waals surface area contributed by atoms with Gasteiger partial charge in [0.2, 0.25) is 0 Å². The van der Waals surface area contributed by atoms with E-state index in [4.69, 9.17) is 9.47 Å². The molecule has 6 nitrogen and oxygen atoms in total. The fourth-order valence-corrected chi connectivity index (χ4v) is 3.16. The molecular formula is C21H34IN3O3. The maximum absolute atomic E-state index is 10.5. The Morgan fingerprint density at radius 1 is 1.18 bits per heavy atom. The van der Waals surface area contributed by atoms with Gasteiger partial charge in [-0.25, -0.2) is 0 Å². The van der Waals surface area contributed by atoms with Crippen molar-refractivity contribution in [2.24, 2.45) is 4.99 Å². The zero-order valence-electron chi connectivity index (χ0n) is 17.2. The van der Waals surface area contributed by atoms with Crippen molar-refractivity contribution in [3.63, 3.8) is 0 Å². The molecule has 0 spiro atoms. The van der Waals surface area contributed by atoms with Crippen LogP contribution in [0.1, 0.15) is 50.7 Å². The highest BCUT2D eigenvalue weighted by Gasteiger charge is 2.12. The highest BCUT2D eigenvalue weighted by Crippen LogP contribution is 2.30. The van der Waals surface area contributed by atoms with Crippen LogP contribution in [0.5, 0.6) is 11.5 Å². The van der Waals surface area contributed by atoms with Crippen LogP contribution in [0.2, 0.25) is 0 Å². The van der Waals surface area contributed by atoms with Gasteiger partial charge in [-0.3, -0.25) is 4.99 Å². The van der Waals surface area contributed by atoms with Crippen molar-refractivity contribution in [3.05, 3.63) is 35.4 Å². The molecule has 0 amide bonds. The normalized spacial score (nSPS) is 15.1. The third-order valence-corrected chi connectivity index (χ3v) is 4.68. The Bertz CT molecular complexity index is 650. The van der Waals surface area contributed by atoms with Gasteiger partial charge >= 0.3 is 0 Å². The van der Waals surface area contributed by atoms with Crippen LogP contribution < -0.4 is 20.1 Å². The molecule has 1 aliphatic rings. The zero-order chi connectivity index (χ0) is 19.5. The van der Waals surface area contributed by atoms with E-state index in [1.807, 2.05) is 13.0 Å². The number of nitrogens with zero attached hydrogens (tertiary/aromatic N) is 1. The topological polar surface area (TPSA) is 75.1 Å². The average molecular weight is 503 g/mol. The summed E-state index contributed by atoms with van der Waals surface area (Å²) in [6.45, 7) is 3.93. The number of ether oxygens (including phenoxy) is 2. The number of hydrogen-bond acceptors (Lipinski definition) is 4. The Kier molecular flexibility index (Phi) is 12.0. The predicted octanol–water partition coefficient (Wildman–Crippen LogP) is 3.80. The molecule has 1 aromatic rings. The number of hydrogen-bond donors (Lipinski definition) is 3. The van der Waals surface area contributed by atoms with Crippen LogP contribution >= 0.6 is 24.0 Å². The minimum absolute atomic E-state index is 0. The monoisotopic (exact) mass is 503 g/mol. The van der Waals surface area contributed by atoms with E-state index >= 15 is 0 Å². The van der Waals surface area contributed by atoms with Gasteiger partial charge in [0.15, 0.2) is 17.5 Å². The van der Waals surface area contributed by atoms with Crippen LogP contribution in [0.15, 0.2) is 34.8 Å². The number of methoxy groups -OCH3 is 2. The first-order chi connectivity index (χ1) is 13.2. The fourth-order valence-electron chi connectivity index (χ4n) is 3.16. The Labute approximate surface area is 185 Å². The lowest BCUT2D eigenvalue weighted by atomic mass is 9.97. The Hall–Kier alpha value is -1.48. The number of nitrogens with one attached hydrogen (secondary N) is 2. The van der Waals surface area contributed by atoms with Crippen LogP contribution in [-0.2, 0) is 0 Å². The summed E-state index contributed by atoms with van der Waals surface area (Å²) in [5.41, 5.74) is 2.29. The van der Waals surface area contributed by atoms with E-state index in [2.05, 4.69) is 21.7 Å². The molecule has 0 heterocycles. The third kappa shape index (κ3) is 7.87. The largest absolute Gasteiger partial charge is 0.493 e.